The van der Waals surface area contributed by atoms with Crippen LogP contribution in [-0.2, 0) is 0 Å². The molecule has 21 heavy (non-hydrogen) atoms. The third-order valence-electron chi connectivity index (χ3n) is 4.06. The van der Waals surface area contributed by atoms with Gasteiger partial charge in [0.1, 0.15) is 11.2 Å². The van der Waals surface area contributed by atoms with Gasteiger partial charge in [0.15, 0.2) is 0 Å². The van der Waals surface area contributed by atoms with E-state index in [2.05, 4.69) is 23.2 Å². The molecule has 5 aromatic rings. The number of hydrogen-bond donors (Lipinski definition) is 1. The van der Waals surface area contributed by atoms with Gasteiger partial charge in [-0.2, -0.15) is 0 Å². The second-order valence-electron chi connectivity index (χ2n) is 5.31. The number of rotatable bonds is 0. The first-order valence-electron chi connectivity index (χ1n) is 6.82. The Hall–Kier alpha value is -2.45. The van der Waals surface area contributed by atoms with Crippen LogP contribution in [0.1, 0.15) is 0 Å². The quantitative estimate of drug-likeness (QED) is 0.379. The monoisotopic (exact) mass is 291 g/mol. The van der Waals surface area contributed by atoms with Crippen LogP contribution < -0.4 is 0 Å². The number of para-hydroxylation sites is 1. The molecule has 0 aliphatic rings. The first-order chi connectivity index (χ1) is 10.3. The van der Waals surface area contributed by atoms with Gasteiger partial charge in [-0.1, -0.05) is 35.9 Å². The summed E-state index contributed by atoms with van der Waals surface area (Å²) in [6.07, 6.45) is 0. The molecular formula is C18H10ClNO. The Labute approximate surface area is 124 Å². The van der Waals surface area contributed by atoms with E-state index in [1.165, 1.54) is 0 Å². The van der Waals surface area contributed by atoms with Gasteiger partial charge in [-0.15, -0.1) is 0 Å². The van der Waals surface area contributed by atoms with Crippen molar-refractivity contribution in [2.75, 3.05) is 0 Å². The first kappa shape index (κ1) is 11.2. The maximum Gasteiger partial charge on any atom is 0.136 e. The number of aromatic nitrogens is 1. The van der Waals surface area contributed by atoms with Crippen molar-refractivity contribution in [1.29, 1.82) is 0 Å². The summed E-state index contributed by atoms with van der Waals surface area (Å²) in [6, 6.07) is 18.3. The van der Waals surface area contributed by atoms with Crippen LogP contribution >= 0.6 is 11.6 Å². The van der Waals surface area contributed by atoms with E-state index in [0.29, 0.717) is 0 Å². The summed E-state index contributed by atoms with van der Waals surface area (Å²) in [6.45, 7) is 0. The van der Waals surface area contributed by atoms with Crippen LogP contribution in [0.5, 0.6) is 0 Å². The highest BCUT2D eigenvalue weighted by molar-refractivity contribution is 6.31. The fourth-order valence-corrected chi connectivity index (χ4v) is 3.27. The van der Waals surface area contributed by atoms with E-state index in [9.17, 15) is 0 Å². The molecule has 1 N–H and O–H groups in total. The van der Waals surface area contributed by atoms with Crippen LogP contribution in [0.2, 0.25) is 5.02 Å². The van der Waals surface area contributed by atoms with Gasteiger partial charge in [0.25, 0.3) is 0 Å². The maximum absolute atomic E-state index is 6.07. The van der Waals surface area contributed by atoms with Crippen molar-refractivity contribution in [1.82, 2.24) is 4.98 Å². The second kappa shape index (κ2) is 3.80. The van der Waals surface area contributed by atoms with E-state index in [1.807, 2.05) is 36.4 Å². The van der Waals surface area contributed by atoms with Crippen molar-refractivity contribution in [2.45, 2.75) is 0 Å². The zero-order valence-corrected chi connectivity index (χ0v) is 11.7. The van der Waals surface area contributed by atoms with Crippen LogP contribution in [0.15, 0.2) is 59.0 Å². The lowest BCUT2D eigenvalue weighted by atomic mass is 10.1. The third-order valence-corrected chi connectivity index (χ3v) is 4.29. The summed E-state index contributed by atoms with van der Waals surface area (Å²) in [5.41, 5.74) is 3.99. The summed E-state index contributed by atoms with van der Waals surface area (Å²) in [4.78, 5) is 3.44. The Morgan fingerprint density at radius 3 is 2.52 bits per heavy atom. The largest absolute Gasteiger partial charge is 0.456 e. The van der Waals surface area contributed by atoms with Gasteiger partial charge in [-0.3, -0.25) is 0 Å². The fourth-order valence-electron chi connectivity index (χ4n) is 3.10. The highest BCUT2D eigenvalue weighted by atomic mass is 35.5. The second-order valence-corrected chi connectivity index (χ2v) is 5.74. The normalized spacial score (nSPS) is 12.0. The zero-order valence-electron chi connectivity index (χ0n) is 11.0. The van der Waals surface area contributed by atoms with Crippen LogP contribution in [0.4, 0.5) is 0 Å². The number of hydrogen-bond acceptors (Lipinski definition) is 1. The van der Waals surface area contributed by atoms with Gasteiger partial charge in [-0.25, -0.2) is 0 Å². The molecule has 3 aromatic carbocycles. The van der Waals surface area contributed by atoms with Crippen molar-refractivity contribution in [3.05, 3.63) is 59.6 Å². The predicted octanol–water partition coefficient (Wildman–Crippen LogP) is 5.87. The van der Waals surface area contributed by atoms with E-state index in [1.54, 1.807) is 0 Å². The summed E-state index contributed by atoms with van der Waals surface area (Å²) < 4.78 is 5.96. The van der Waals surface area contributed by atoms with Crippen molar-refractivity contribution in [2.24, 2.45) is 0 Å². The summed E-state index contributed by atoms with van der Waals surface area (Å²) >= 11 is 6.07. The van der Waals surface area contributed by atoms with E-state index in [-0.39, 0.29) is 0 Å². The molecule has 0 fully saturated rings. The van der Waals surface area contributed by atoms with Crippen molar-refractivity contribution < 1.29 is 4.42 Å². The van der Waals surface area contributed by atoms with Crippen molar-refractivity contribution >= 4 is 55.3 Å². The minimum absolute atomic E-state index is 0.739. The molecule has 0 atom stereocenters. The molecule has 0 spiro atoms. The molecule has 2 aromatic heterocycles. The number of benzene rings is 3. The summed E-state index contributed by atoms with van der Waals surface area (Å²) in [7, 11) is 0. The Kier molecular flexibility index (Phi) is 2.04. The lowest BCUT2D eigenvalue weighted by molar-refractivity contribution is 0.669. The van der Waals surface area contributed by atoms with Gasteiger partial charge in [-0.05, 0) is 30.3 Å². The molecule has 0 radical (unpaired) electrons. The molecule has 0 bridgehead atoms. The standard InChI is InChI=1S/C18H10ClNO/c19-10-5-6-11-13-9-18-14(8-16(13)20-15(11)7-10)12-3-1-2-4-17(12)21-18/h1-9,20H. The summed E-state index contributed by atoms with van der Waals surface area (Å²) in [5, 5.41) is 5.34. The van der Waals surface area contributed by atoms with Crippen LogP contribution in [-0.4, -0.2) is 4.98 Å². The van der Waals surface area contributed by atoms with Crippen LogP contribution in [0.3, 0.4) is 0 Å². The van der Waals surface area contributed by atoms with E-state index in [0.717, 1.165) is 48.8 Å². The van der Waals surface area contributed by atoms with E-state index >= 15 is 0 Å². The first-order valence-corrected chi connectivity index (χ1v) is 7.20. The lowest BCUT2D eigenvalue weighted by Crippen LogP contribution is -1.69. The van der Waals surface area contributed by atoms with Gasteiger partial charge in [0.05, 0.1) is 0 Å². The third kappa shape index (κ3) is 1.48. The molecule has 0 unspecified atom stereocenters. The zero-order chi connectivity index (χ0) is 14.0. The molecule has 5 rings (SSSR count). The SMILES string of the molecule is Clc1ccc2c(c1)[nH]c1cc3c(cc12)oc1ccccc13. The lowest BCUT2D eigenvalue weighted by Gasteiger charge is -1.92. The highest BCUT2D eigenvalue weighted by Gasteiger charge is 2.11. The Morgan fingerprint density at radius 1 is 0.714 bits per heavy atom. The Bertz CT molecular complexity index is 1150. The minimum Gasteiger partial charge on any atom is -0.456 e. The van der Waals surface area contributed by atoms with Crippen molar-refractivity contribution in [3.8, 4) is 0 Å². The minimum atomic E-state index is 0.739. The molecular weight excluding hydrogens is 282 g/mol. The molecule has 0 saturated heterocycles. The summed E-state index contributed by atoms with van der Waals surface area (Å²) in [5.74, 6) is 0. The Balaban J connectivity index is 2.00. The van der Waals surface area contributed by atoms with Crippen molar-refractivity contribution in [3.63, 3.8) is 0 Å². The average molecular weight is 292 g/mol. The molecule has 0 aliphatic carbocycles. The molecule has 0 saturated carbocycles. The molecule has 0 aliphatic heterocycles. The van der Waals surface area contributed by atoms with Gasteiger partial charge in [0.2, 0.25) is 0 Å². The average Bonchev–Trinajstić information content (AvgIpc) is 3.01. The number of halogens is 1. The fraction of sp³-hybridized carbons (Fsp3) is 0. The van der Waals surface area contributed by atoms with Crippen LogP contribution in [0, 0.1) is 0 Å². The van der Waals surface area contributed by atoms with E-state index < -0.39 is 0 Å². The number of H-pyrrole nitrogens is 1. The molecule has 2 nitrogen and oxygen atoms in total. The number of aromatic amines is 1. The molecule has 0 amide bonds. The van der Waals surface area contributed by atoms with Gasteiger partial charge >= 0.3 is 0 Å². The van der Waals surface area contributed by atoms with E-state index in [4.69, 9.17) is 16.0 Å². The number of nitrogens with one attached hydrogen (secondary N) is 1. The molecule has 3 heteroatoms. The number of fused-ring (bicyclic) bond motifs is 6. The van der Waals surface area contributed by atoms with Crippen LogP contribution in [0.25, 0.3) is 43.7 Å². The topological polar surface area (TPSA) is 28.9 Å². The Morgan fingerprint density at radius 2 is 1.57 bits per heavy atom. The maximum atomic E-state index is 6.07. The number of furan rings is 1. The van der Waals surface area contributed by atoms with Gasteiger partial charge < -0.3 is 9.40 Å². The highest BCUT2D eigenvalue weighted by Crippen LogP contribution is 2.35. The van der Waals surface area contributed by atoms with Gasteiger partial charge in [0, 0.05) is 37.6 Å². The predicted molar refractivity (Wildman–Crippen MR) is 88.1 cm³/mol. The molecule has 100 valence electrons. The molecule has 2 heterocycles. The smallest absolute Gasteiger partial charge is 0.136 e.